The monoisotopic (exact) mass is 400 g/mol. The lowest BCUT2D eigenvalue weighted by atomic mass is 10.2. The number of halogens is 6. The first kappa shape index (κ1) is 36.2. The molecule has 2 nitrogen and oxygen atoms in total. The number of alkyl halides is 3. The van der Waals surface area contributed by atoms with Crippen LogP contribution in [0.25, 0.3) is 0 Å². The summed E-state index contributed by atoms with van der Waals surface area (Å²) in [5.41, 5.74) is 0. The lowest BCUT2D eigenvalue weighted by Crippen LogP contribution is -2.15. The normalized spacial score (nSPS) is 9.54. The van der Waals surface area contributed by atoms with Gasteiger partial charge in [-0.1, -0.05) is 58.8 Å². The van der Waals surface area contributed by atoms with Gasteiger partial charge in [-0.3, -0.25) is 18.6 Å². The van der Waals surface area contributed by atoms with Crippen molar-refractivity contribution in [2.75, 3.05) is 13.3 Å². The van der Waals surface area contributed by atoms with E-state index in [4.69, 9.17) is 0 Å². The van der Waals surface area contributed by atoms with Crippen LogP contribution in [0.2, 0.25) is 0 Å². The first-order valence-electron chi connectivity index (χ1n) is 9.01. The van der Waals surface area contributed by atoms with E-state index < -0.39 is 12.1 Å². The average Bonchev–Trinajstić information content (AvgIpc) is 2.48. The Morgan fingerprint density at radius 3 is 1.58 bits per heavy atom. The molecule has 0 radical (unpaired) electrons. The Balaban J connectivity index is -0.0000000940. The van der Waals surface area contributed by atoms with Crippen LogP contribution in [-0.2, 0) is 9.53 Å². The second-order valence-electron chi connectivity index (χ2n) is 5.50. The van der Waals surface area contributed by atoms with Gasteiger partial charge >= 0.3 is 12.1 Å². The number of rotatable bonds is 12. The summed E-state index contributed by atoms with van der Waals surface area (Å²) < 4.78 is 50.2. The molecule has 0 saturated heterocycles. The molecule has 8 heteroatoms. The number of carbonyl (C=O) groups is 1. The highest BCUT2D eigenvalue weighted by Gasteiger charge is 2.20. The topological polar surface area (TPSA) is 26.3 Å². The van der Waals surface area contributed by atoms with E-state index >= 15 is 0 Å². The smallest absolute Gasteiger partial charge is 0.321 e. The minimum absolute atomic E-state index is 0. The summed E-state index contributed by atoms with van der Waals surface area (Å²) >= 11 is 0. The van der Waals surface area contributed by atoms with E-state index in [0.29, 0.717) is 6.42 Å². The van der Waals surface area contributed by atoms with Crippen molar-refractivity contribution in [1.82, 2.24) is 0 Å². The third kappa shape index (κ3) is 56.7. The zero-order valence-electron chi connectivity index (χ0n) is 16.6. The quantitative estimate of drug-likeness (QED) is 0.195. The van der Waals surface area contributed by atoms with Gasteiger partial charge in [-0.25, -0.2) is 0 Å². The fraction of sp³-hybridized carbons (Fsp3) is 0.944. The van der Waals surface area contributed by atoms with Crippen LogP contribution in [0.5, 0.6) is 0 Å². The minimum Gasteiger partial charge on any atom is -0.321 e. The van der Waals surface area contributed by atoms with Crippen LogP contribution in [0.3, 0.4) is 0 Å². The third-order valence-electron chi connectivity index (χ3n) is 2.83. The molecule has 164 valence electrons. The van der Waals surface area contributed by atoms with Gasteiger partial charge in [0.2, 0.25) is 0 Å². The van der Waals surface area contributed by atoms with Gasteiger partial charge in [-0.15, -0.1) is 0 Å². The van der Waals surface area contributed by atoms with Crippen molar-refractivity contribution in [3.05, 3.63) is 0 Å². The fourth-order valence-electron chi connectivity index (χ4n) is 1.65. The number of hydrogen-bond acceptors (Lipinski definition) is 2. The van der Waals surface area contributed by atoms with Crippen LogP contribution in [0.15, 0.2) is 0 Å². The van der Waals surface area contributed by atoms with E-state index in [1.807, 2.05) is 0 Å². The van der Waals surface area contributed by atoms with Crippen LogP contribution in [0.1, 0.15) is 91.9 Å². The first-order chi connectivity index (χ1) is 11.2. The summed E-state index contributed by atoms with van der Waals surface area (Å²) in [6.45, 7) is 6.36. The highest BCUT2D eigenvalue weighted by Crippen LogP contribution is 2.14. The molecule has 0 amide bonds. The highest BCUT2D eigenvalue weighted by molar-refractivity contribution is 5.67. The molecular weight excluding hydrogens is 362 g/mol. The Hall–Kier alpha value is -0.790. The molecule has 0 aromatic heterocycles. The van der Waals surface area contributed by atoms with Gasteiger partial charge in [0.1, 0.15) is 0 Å². The summed E-state index contributed by atoms with van der Waals surface area (Å²) in [6, 6.07) is -1.17. The molecule has 0 spiro atoms. The molecule has 0 N–H and O–H groups in total. The van der Waals surface area contributed by atoms with Gasteiger partial charge < -0.3 is 4.74 Å². The van der Waals surface area contributed by atoms with Gasteiger partial charge in [-0.05, 0) is 19.8 Å². The molecule has 0 aromatic rings. The fourth-order valence-corrected chi connectivity index (χ4v) is 1.65. The molecule has 0 aromatic carbocycles. The predicted molar refractivity (Wildman–Crippen MR) is 96.9 cm³/mol. The van der Waals surface area contributed by atoms with Gasteiger partial charge in [0.25, 0.3) is 0 Å². The van der Waals surface area contributed by atoms with E-state index in [-0.39, 0.29) is 29.1 Å². The Morgan fingerprint density at radius 1 is 0.846 bits per heavy atom. The lowest BCUT2D eigenvalue weighted by molar-refractivity contribution is -0.224. The SMILES string of the molecule is CCCCCCC(=O)F.CCCCCCCOC(C)(F)F.CCF.F.F. The Bertz CT molecular complexity index is 248. The molecular formula is C18H38F6O2. The van der Waals surface area contributed by atoms with Crippen LogP contribution in [0, 0.1) is 0 Å². The first-order valence-corrected chi connectivity index (χ1v) is 9.01. The van der Waals surface area contributed by atoms with E-state index in [1.54, 1.807) is 0 Å². The second kappa shape index (κ2) is 29.0. The summed E-state index contributed by atoms with van der Waals surface area (Å²) in [6.07, 6.45) is 6.28. The Labute approximate surface area is 154 Å². The standard InChI is InChI=1S/C9H18F2O.C7H13FO.C2H5F.2FH/c1-3-4-5-6-7-8-12-9(2,10)11;1-2-3-4-5-6-7(8)9;1-2-3;;/h3-8H2,1-2H3;2-6H2,1H3;2H2,1H3;2*1H. The number of hydrogen-bond donors (Lipinski definition) is 0. The van der Waals surface area contributed by atoms with Crippen molar-refractivity contribution in [1.29, 1.82) is 0 Å². The Kier molecular flexibility index (Phi) is 40.3. The zero-order chi connectivity index (χ0) is 19.3. The molecule has 0 aliphatic carbocycles. The number of unbranched alkanes of at least 4 members (excludes halogenated alkanes) is 7. The van der Waals surface area contributed by atoms with Crippen molar-refractivity contribution < 1.29 is 36.5 Å². The van der Waals surface area contributed by atoms with Crippen molar-refractivity contribution in [3.63, 3.8) is 0 Å². The van der Waals surface area contributed by atoms with Crippen molar-refractivity contribution in [2.24, 2.45) is 0 Å². The second-order valence-corrected chi connectivity index (χ2v) is 5.50. The van der Waals surface area contributed by atoms with E-state index in [1.165, 1.54) is 19.8 Å². The summed E-state index contributed by atoms with van der Waals surface area (Å²) in [5, 5.41) is 0. The summed E-state index contributed by atoms with van der Waals surface area (Å²) in [5.74, 6) is 0. The molecule has 0 aliphatic heterocycles. The van der Waals surface area contributed by atoms with Gasteiger partial charge in [0.15, 0.2) is 0 Å². The van der Waals surface area contributed by atoms with Crippen LogP contribution in [-0.4, -0.2) is 25.4 Å². The molecule has 0 bridgehead atoms. The Morgan fingerprint density at radius 2 is 1.23 bits per heavy atom. The third-order valence-corrected chi connectivity index (χ3v) is 2.83. The minimum atomic E-state index is -2.95. The molecule has 0 atom stereocenters. The lowest BCUT2D eigenvalue weighted by Gasteiger charge is -2.10. The van der Waals surface area contributed by atoms with Crippen LogP contribution >= 0.6 is 0 Å². The molecule has 0 heterocycles. The van der Waals surface area contributed by atoms with Gasteiger partial charge in [0, 0.05) is 13.3 Å². The van der Waals surface area contributed by atoms with Crippen molar-refractivity contribution in [3.8, 4) is 0 Å². The number of carbonyl (C=O) groups excluding carboxylic acids is 1. The molecule has 26 heavy (non-hydrogen) atoms. The average molecular weight is 400 g/mol. The largest absolute Gasteiger partial charge is 0.352 e. The predicted octanol–water partition coefficient (Wildman–Crippen LogP) is 7.32. The molecule has 0 rings (SSSR count). The molecule has 0 unspecified atom stereocenters. The maximum Gasteiger partial charge on any atom is 0.352 e. The van der Waals surface area contributed by atoms with E-state index in [9.17, 15) is 22.4 Å². The summed E-state index contributed by atoms with van der Waals surface area (Å²) in [4.78, 5) is 9.74. The molecule has 0 fully saturated rings. The number of ether oxygens (including phenoxy) is 1. The van der Waals surface area contributed by atoms with Gasteiger partial charge in [-0.2, -0.15) is 13.2 Å². The summed E-state index contributed by atoms with van der Waals surface area (Å²) in [7, 11) is 0. The highest BCUT2D eigenvalue weighted by atomic mass is 19.3. The zero-order valence-corrected chi connectivity index (χ0v) is 16.6. The van der Waals surface area contributed by atoms with E-state index in [0.717, 1.165) is 45.4 Å². The van der Waals surface area contributed by atoms with Crippen LogP contribution in [0.4, 0.5) is 27.0 Å². The maximum atomic E-state index is 12.1. The van der Waals surface area contributed by atoms with Gasteiger partial charge in [0.05, 0.1) is 13.3 Å². The molecule has 0 aliphatic rings. The molecule has 0 saturated carbocycles. The van der Waals surface area contributed by atoms with E-state index in [2.05, 4.69) is 18.6 Å². The maximum absolute atomic E-state index is 12.1. The van der Waals surface area contributed by atoms with Crippen molar-refractivity contribution >= 4 is 6.04 Å². The van der Waals surface area contributed by atoms with Crippen molar-refractivity contribution in [2.45, 2.75) is 98.0 Å². The van der Waals surface area contributed by atoms with Crippen LogP contribution < -0.4 is 0 Å².